The Kier molecular flexibility index (Phi) is 2.11. The minimum absolute atomic E-state index is 0.154. The van der Waals surface area contributed by atoms with Crippen LogP contribution in [0.4, 0.5) is 0 Å². The number of carbonyl (C=O) groups is 1. The minimum Gasteiger partial charge on any atom is -0.474 e. The quantitative estimate of drug-likeness (QED) is 0.872. The van der Waals surface area contributed by atoms with E-state index in [0.717, 1.165) is 17.6 Å². The molecule has 4 aliphatic carbocycles. The number of oxazole rings is 1. The Hall–Kier alpha value is -1.32. The first-order valence-electron chi connectivity index (χ1n) is 6.89. The fourth-order valence-corrected chi connectivity index (χ4v) is 4.93. The first kappa shape index (κ1) is 10.6. The Morgan fingerprint density at radius 3 is 2.28 bits per heavy atom. The van der Waals surface area contributed by atoms with Gasteiger partial charge >= 0.3 is 11.9 Å². The van der Waals surface area contributed by atoms with Crippen LogP contribution < -0.4 is 0 Å². The third-order valence-corrected chi connectivity index (χ3v) is 5.26. The van der Waals surface area contributed by atoms with E-state index in [-0.39, 0.29) is 5.89 Å². The van der Waals surface area contributed by atoms with Gasteiger partial charge in [-0.25, -0.2) is 9.78 Å². The third kappa shape index (κ3) is 1.44. The standard InChI is InChI=1S/C14H17NO3/c16-14(17)13-15-6-11(18-13)12-9-2-7-1-8(4-9)5-10(12)3-7/h6-10,12H,1-5H2,(H,16,17). The van der Waals surface area contributed by atoms with Gasteiger partial charge in [-0.2, -0.15) is 0 Å². The van der Waals surface area contributed by atoms with E-state index in [2.05, 4.69) is 4.98 Å². The van der Waals surface area contributed by atoms with Gasteiger partial charge in [-0.3, -0.25) is 0 Å². The van der Waals surface area contributed by atoms with Crippen LogP contribution in [0.2, 0.25) is 0 Å². The molecule has 0 aliphatic heterocycles. The van der Waals surface area contributed by atoms with Gasteiger partial charge in [-0.1, -0.05) is 0 Å². The van der Waals surface area contributed by atoms with Gasteiger partial charge in [-0.05, 0) is 55.8 Å². The van der Waals surface area contributed by atoms with E-state index in [4.69, 9.17) is 9.52 Å². The summed E-state index contributed by atoms with van der Waals surface area (Å²) in [6.07, 6.45) is 8.30. The molecule has 4 heteroatoms. The van der Waals surface area contributed by atoms with Crippen LogP contribution in [0, 0.1) is 23.7 Å². The molecule has 0 atom stereocenters. The van der Waals surface area contributed by atoms with Gasteiger partial charge in [0.15, 0.2) is 0 Å². The molecule has 0 aromatic carbocycles. The maximum Gasteiger partial charge on any atom is 0.392 e. The molecule has 4 aliphatic rings. The second-order valence-corrected chi connectivity index (χ2v) is 6.33. The van der Waals surface area contributed by atoms with Crippen LogP contribution >= 0.6 is 0 Å². The van der Waals surface area contributed by atoms with E-state index in [0.29, 0.717) is 17.8 Å². The van der Waals surface area contributed by atoms with Crippen molar-refractivity contribution in [1.82, 2.24) is 4.98 Å². The zero-order chi connectivity index (χ0) is 12.3. The Balaban J connectivity index is 1.66. The molecule has 18 heavy (non-hydrogen) atoms. The van der Waals surface area contributed by atoms with Crippen molar-refractivity contribution < 1.29 is 14.3 Å². The number of aromatic nitrogens is 1. The van der Waals surface area contributed by atoms with Gasteiger partial charge in [0.25, 0.3) is 0 Å². The summed E-state index contributed by atoms with van der Waals surface area (Å²) in [4.78, 5) is 14.7. The summed E-state index contributed by atoms with van der Waals surface area (Å²) < 4.78 is 5.46. The molecule has 1 N–H and O–H groups in total. The molecule has 5 rings (SSSR count). The Labute approximate surface area is 105 Å². The Morgan fingerprint density at radius 2 is 1.78 bits per heavy atom. The summed E-state index contributed by atoms with van der Waals surface area (Å²) in [5.41, 5.74) is 0. The Bertz CT molecular complexity index is 465. The summed E-state index contributed by atoms with van der Waals surface area (Å²) >= 11 is 0. The van der Waals surface area contributed by atoms with Crippen molar-refractivity contribution >= 4 is 5.97 Å². The fraction of sp³-hybridized carbons (Fsp3) is 0.714. The van der Waals surface area contributed by atoms with Crippen molar-refractivity contribution in [1.29, 1.82) is 0 Å². The van der Waals surface area contributed by atoms with Crippen molar-refractivity contribution in [3.63, 3.8) is 0 Å². The second-order valence-electron chi connectivity index (χ2n) is 6.33. The normalized spacial score (nSPS) is 41.2. The lowest BCUT2D eigenvalue weighted by atomic mass is 9.51. The van der Waals surface area contributed by atoms with Gasteiger partial charge in [-0.15, -0.1) is 0 Å². The van der Waals surface area contributed by atoms with Gasteiger partial charge < -0.3 is 9.52 Å². The number of carboxylic acid groups (broad SMARTS) is 1. The highest BCUT2D eigenvalue weighted by Crippen LogP contribution is 2.59. The fourth-order valence-electron chi connectivity index (χ4n) is 4.93. The average Bonchev–Trinajstić information content (AvgIpc) is 2.77. The number of hydrogen-bond donors (Lipinski definition) is 1. The lowest BCUT2D eigenvalue weighted by Crippen LogP contribution is -2.43. The summed E-state index contributed by atoms with van der Waals surface area (Å²) in [5, 5.41) is 8.89. The van der Waals surface area contributed by atoms with Crippen molar-refractivity contribution in [3.8, 4) is 0 Å². The molecule has 96 valence electrons. The highest BCUT2D eigenvalue weighted by Gasteiger charge is 2.49. The monoisotopic (exact) mass is 247 g/mol. The molecule has 1 heterocycles. The van der Waals surface area contributed by atoms with E-state index in [9.17, 15) is 4.79 Å². The SMILES string of the molecule is O=C(O)c1ncc(C2C3CC4CC(C3)CC2C4)o1. The average molecular weight is 247 g/mol. The molecular formula is C14H17NO3. The lowest BCUT2D eigenvalue weighted by Gasteiger charge is -2.53. The second kappa shape index (κ2) is 3.59. The van der Waals surface area contributed by atoms with Crippen LogP contribution in [-0.2, 0) is 0 Å². The minimum atomic E-state index is -1.06. The molecule has 0 saturated heterocycles. The summed E-state index contributed by atoms with van der Waals surface area (Å²) in [6.45, 7) is 0. The van der Waals surface area contributed by atoms with Gasteiger partial charge in [0.2, 0.25) is 0 Å². The molecule has 1 aromatic rings. The van der Waals surface area contributed by atoms with Crippen LogP contribution in [0.25, 0.3) is 0 Å². The summed E-state index contributed by atoms with van der Waals surface area (Å²) in [6, 6.07) is 0. The Morgan fingerprint density at radius 1 is 1.17 bits per heavy atom. The van der Waals surface area contributed by atoms with Gasteiger partial charge in [0.1, 0.15) is 5.76 Å². The molecular weight excluding hydrogens is 230 g/mol. The maximum atomic E-state index is 10.8. The predicted octanol–water partition coefficient (Wildman–Crippen LogP) is 2.91. The van der Waals surface area contributed by atoms with Gasteiger partial charge in [0.05, 0.1) is 6.20 Å². The van der Waals surface area contributed by atoms with Crippen LogP contribution in [-0.4, -0.2) is 16.1 Å². The number of rotatable bonds is 2. The van der Waals surface area contributed by atoms with Gasteiger partial charge in [0, 0.05) is 5.92 Å². The highest BCUT2D eigenvalue weighted by atomic mass is 16.4. The molecule has 4 saturated carbocycles. The van der Waals surface area contributed by atoms with Crippen LogP contribution in [0.5, 0.6) is 0 Å². The highest BCUT2D eigenvalue weighted by molar-refractivity contribution is 5.82. The molecule has 0 radical (unpaired) electrons. The number of hydrogen-bond acceptors (Lipinski definition) is 3. The zero-order valence-corrected chi connectivity index (χ0v) is 10.2. The lowest BCUT2D eigenvalue weighted by molar-refractivity contribution is -0.0101. The molecule has 4 bridgehead atoms. The van der Waals surface area contributed by atoms with E-state index in [1.54, 1.807) is 6.20 Å². The molecule has 4 fully saturated rings. The summed E-state index contributed by atoms with van der Waals surface area (Å²) in [5.74, 6) is 3.28. The number of aromatic carboxylic acids is 1. The largest absolute Gasteiger partial charge is 0.474 e. The van der Waals surface area contributed by atoms with E-state index in [1.807, 2.05) is 0 Å². The van der Waals surface area contributed by atoms with Crippen molar-refractivity contribution in [2.24, 2.45) is 23.7 Å². The van der Waals surface area contributed by atoms with Crippen LogP contribution in [0.3, 0.4) is 0 Å². The van der Waals surface area contributed by atoms with Crippen LogP contribution in [0.15, 0.2) is 10.6 Å². The van der Waals surface area contributed by atoms with Crippen molar-refractivity contribution in [2.75, 3.05) is 0 Å². The molecule has 0 unspecified atom stereocenters. The van der Waals surface area contributed by atoms with Crippen molar-refractivity contribution in [3.05, 3.63) is 17.8 Å². The smallest absolute Gasteiger partial charge is 0.392 e. The van der Waals surface area contributed by atoms with Crippen molar-refractivity contribution in [2.45, 2.75) is 38.0 Å². The number of carboxylic acids is 1. The van der Waals surface area contributed by atoms with E-state index >= 15 is 0 Å². The third-order valence-electron chi connectivity index (χ3n) is 5.26. The van der Waals surface area contributed by atoms with Crippen LogP contribution in [0.1, 0.15) is 54.5 Å². The predicted molar refractivity (Wildman–Crippen MR) is 63.2 cm³/mol. The zero-order valence-electron chi connectivity index (χ0n) is 10.2. The molecule has 0 spiro atoms. The topological polar surface area (TPSA) is 63.3 Å². The maximum absolute atomic E-state index is 10.8. The van der Waals surface area contributed by atoms with E-state index < -0.39 is 5.97 Å². The van der Waals surface area contributed by atoms with E-state index in [1.165, 1.54) is 32.1 Å². The molecule has 4 nitrogen and oxygen atoms in total. The number of nitrogens with zero attached hydrogens (tertiary/aromatic N) is 1. The summed E-state index contributed by atoms with van der Waals surface area (Å²) in [7, 11) is 0. The molecule has 0 amide bonds. The first-order chi connectivity index (χ1) is 8.70. The first-order valence-corrected chi connectivity index (χ1v) is 6.89. The molecule has 1 aromatic heterocycles.